The van der Waals surface area contributed by atoms with Crippen molar-refractivity contribution < 1.29 is 4.79 Å². The first kappa shape index (κ1) is 8.00. The minimum atomic E-state index is -0.533. The predicted octanol–water partition coefficient (Wildman–Crippen LogP) is 0.710. The minimum absolute atomic E-state index is 0.141. The second-order valence-corrected chi connectivity index (χ2v) is 2.82. The Hall–Kier alpha value is -1.62. The molecule has 0 saturated heterocycles. The average Bonchev–Trinajstić information content (AvgIpc) is 2.46. The Morgan fingerprint density at radius 2 is 2.38 bits per heavy atom. The van der Waals surface area contributed by atoms with E-state index in [0.717, 1.165) is 0 Å². The van der Waals surface area contributed by atoms with Gasteiger partial charge in [-0.3, -0.25) is 4.79 Å². The van der Waals surface area contributed by atoms with E-state index < -0.39 is 5.91 Å². The van der Waals surface area contributed by atoms with Gasteiger partial charge in [-0.2, -0.15) is 0 Å². The molecule has 0 aliphatic heterocycles. The van der Waals surface area contributed by atoms with E-state index in [2.05, 4.69) is 15.0 Å². The predicted molar refractivity (Wildman–Crippen MR) is 47.4 cm³/mol. The summed E-state index contributed by atoms with van der Waals surface area (Å²) in [4.78, 5) is 21.2. The number of carbonyl (C=O) groups excluding carboxylic acids is 1. The number of nitrogens with two attached hydrogens (primary N) is 1. The SMILES string of the molecule is NC(=O)c1cc2nc(Cl)ncc2[nH]1. The number of H-pyrrole nitrogens is 1. The van der Waals surface area contributed by atoms with Crippen molar-refractivity contribution in [1.29, 1.82) is 0 Å². The number of rotatable bonds is 1. The monoisotopic (exact) mass is 196 g/mol. The first-order valence-electron chi connectivity index (χ1n) is 3.48. The third kappa shape index (κ3) is 1.33. The summed E-state index contributed by atoms with van der Waals surface area (Å²) in [5.41, 5.74) is 6.58. The van der Waals surface area contributed by atoms with Gasteiger partial charge in [0.25, 0.3) is 5.91 Å². The van der Waals surface area contributed by atoms with Crippen molar-refractivity contribution in [3.8, 4) is 0 Å². The Labute approximate surface area is 77.9 Å². The van der Waals surface area contributed by atoms with Crippen molar-refractivity contribution in [3.05, 3.63) is 23.2 Å². The summed E-state index contributed by atoms with van der Waals surface area (Å²) in [6.45, 7) is 0. The Morgan fingerprint density at radius 1 is 1.62 bits per heavy atom. The molecule has 2 heterocycles. The molecule has 6 heteroatoms. The summed E-state index contributed by atoms with van der Waals surface area (Å²) in [5, 5.41) is 0.141. The van der Waals surface area contributed by atoms with Gasteiger partial charge in [0.05, 0.1) is 17.2 Å². The van der Waals surface area contributed by atoms with Gasteiger partial charge >= 0.3 is 0 Å². The standard InChI is InChI=1S/C7H5ClN4O/c8-7-10-2-5-3(12-7)1-4(11-5)6(9)13/h1-2,11H,(H2,9,13). The quantitative estimate of drug-likeness (QED) is 0.659. The molecular weight excluding hydrogens is 192 g/mol. The zero-order chi connectivity index (χ0) is 9.42. The van der Waals surface area contributed by atoms with Crippen molar-refractivity contribution >= 4 is 28.5 Å². The van der Waals surface area contributed by atoms with Gasteiger partial charge in [0.15, 0.2) is 0 Å². The molecular formula is C7H5ClN4O. The molecule has 2 rings (SSSR count). The van der Waals surface area contributed by atoms with Crippen LogP contribution < -0.4 is 5.73 Å². The molecule has 5 nitrogen and oxygen atoms in total. The van der Waals surface area contributed by atoms with Gasteiger partial charge < -0.3 is 10.7 Å². The lowest BCUT2D eigenvalue weighted by molar-refractivity contribution is 0.0996. The third-order valence-electron chi connectivity index (χ3n) is 1.60. The minimum Gasteiger partial charge on any atom is -0.364 e. The third-order valence-corrected chi connectivity index (χ3v) is 1.79. The van der Waals surface area contributed by atoms with E-state index in [1.165, 1.54) is 12.3 Å². The topological polar surface area (TPSA) is 84.7 Å². The molecule has 0 aromatic carbocycles. The highest BCUT2D eigenvalue weighted by atomic mass is 35.5. The van der Waals surface area contributed by atoms with Gasteiger partial charge in [-0.05, 0) is 17.7 Å². The second-order valence-electron chi connectivity index (χ2n) is 2.49. The van der Waals surface area contributed by atoms with Crippen LogP contribution in [0.3, 0.4) is 0 Å². The van der Waals surface area contributed by atoms with E-state index in [-0.39, 0.29) is 5.28 Å². The normalized spacial score (nSPS) is 10.5. The molecule has 3 N–H and O–H groups in total. The lowest BCUT2D eigenvalue weighted by Crippen LogP contribution is -2.10. The highest BCUT2D eigenvalue weighted by molar-refractivity contribution is 6.28. The number of hydrogen-bond donors (Lipinski definition) is 2. The molecule has 2 aromatic heterocycles. The van der Waals surface area contributed by atoms with Crippen LogP contribution >= 0.6 is 11.6 Å². The molecule has 0 radical (unpaired) electrons. The molecule has 0 spiro atoms. The molecule has 0 atom stereocenters. The zero-order valence-electron chi connectivity index (χ0n) is 6.41. The van der Waals surface area contributed by atoms with Crippen molar-refractivity contribution in [2.75, 3.05) is 0 Å². The summed E-state index contributed by atoms with van der Waals surface area (Å²) >= 11 is 5.56. The number of halogens is 1. The highest BCUT2D eigenvalue weighted by Crippen LogP contribution is 2.13. The fourth-order valence-electron chi connectivity index (χ4n) is 1.03. The highest BCUT2D eigenvalue weighted by Gasteiger charge is 2.06. The Bertz CT molecular complexity index is 478. The van der Waals surface area contributed by atoms with E-state index in [1.807, 2.05) is 0 Å². The molecule has 0 unspecified atom stereocenters. The van der Waals surface area contributed by atoms with E-state index in [0.29, 0.717) is 16.7 Å². The van der Waals surface area contributed by atoms with Gasteiger partial charge in [0, 0.05) is 0 Å². The molecule has 0 saturated carbocycles. The molecule has 66 valence electrons. The van der Waals surface area contributed by atoms with E-state index in [1.54, 1.807) is 0 Å². The maximum atomic E-state index is 10.8. The van der Waals surface area contributed by atoms with Crippen LogP contribution in [0.15, 0.2) is 12.3 Å². The lowest BCUT2D eigenvalue weighted by Gasteiger charge is -1.87. The van der Waals surface area contributed by atoms with Crippen LogP contribution in [0.5, 0.6) is 0 Å². The lowest BCUT2D eigenvalue weighted by atomic mass is 10.4. The number of fused-ring (bicyclic) bond motifs is 1. The van der Waals surface area contributed by atoms with Crippen LogP contribution in [0.1, 0.15) is 10.5 Å². The number of aromatic nitrogens is 3. The summed E-state index contributed by atoms with van der Waals surface area (Å²) in [6, 6.07) is 1.53. The smallest absolute Gasteiger partial charge is 0.265 e. The number of nitrogens with zero attached hydrogens (tertiary/aromatic N) is 2. The molecule has 0 fully saturated rings. The van der Waals surface area contributed by atoms with E-state index in [4.69, 9.17) is 17.3 Å². The van der Waals surface area contributed by atoms with Crippen LogP contribution in [-0.4, -0.2) is 20.9 Å². The maximum absolute atomic E-state index is 10.8. The molecule has 1 amide bonds. The summed E-state index contributed by atoms with van der Waals surface area (Å²) in [5.74, 6) is -0.533. The van der Waals surface area contributed by atoms with Crippen molar-refractivity contribution in [2.45, 2.75) is 0 Å². The van der Waals surface area contributed by atoms with E-state index >= 15 is 0 Å². The summed E-state index contributed by atoms with van der Waals surface area (Å²) in [6.07, 6.45) is 1.50. The van der Waals surface area contributed by atoms with Crippen molar-refractivity contribution in [1.82, 2.24) is 15.0 Å². The first-order valence-corrected chi connectivity index (χ1v) is 3.85. The number of carbonyl (C=O) groups is 1. The number of primary amides is 1. The molecule has 0 aliphatic rings. The second kappa shape index (κ2) is 2.70. The van der Waals surface area contributed by atoms with Crippen LogP contribution in [-0.2, 0) is 0 Å². The van der Waals surface area contributed by atoms with Gasteiger partial charge in [0.2, 0.25) is 5.28 Å². The van der Waals surface area contributed by atoms with E-state index in [9.17, 15) is 4.79 Å². The fourth-order valence-corrected chi connectivity index (χ4v) is 1.17. The van der Waals surface area contributed by atoms with Gasteiger partial charge in [-0.15, -0.1) is 0 Å². The first-order chi connectivity index (χ1) is 6.16. The average molecular weight is 197 g/mol. The van der Waals surface area contributed by atoms with Crippen molar-refractivity contribution in [3.63, 3.8) is 0 Å². The van der Waals surface area contributed by atoms with Crippen LogP contribution in [0, 0.1) is 0 Å². The van der Waals surface area contributed by atoms with Crippen LogP contribution in [0.4, 0.5) is 0 Å². The molecule has 13 heavy (non-hydrogen) atoms. The maximum Gasteiger partial charge on any atom is 0.265 e. The van der Waals surface area contributed by atoms with Gasteiger partial charge in [-0.1, -0.05) is 0 Å². The molecule has 2 aromatic rings. The van der Waals surface area contributed by atoms with Crippen LogP contribution in [0.25, 0.3) is 11.0 Å². The number of nitrogens with one attached hydrogen (secondary N) is 1. The number of aromatic amines is 1. The summed E-state index contributed by atoms with van der Waals surface area (Å²) in [7, 11) is 0. The fraction of sp³-hybridized carbons (Fsp3) is 0. The molecule has 0 bridgehead atoms. The van der Waals surface area contributed by atoms with Gasteiger partial charge in [-0.25, -0.2) is 9.97 Å². The Balaban J connectivity index is 2.68. The molecule has 0 aliphatic carbocycles. The number of amides is 1. The zero-order valence-corrected chi connectivity index (χ0v) is 7.17. The Morgan fingerprint density at radius 3 is 3.08 bits per heavy atom. The Kier molecular flexibility index (Phi) is 1.66. The van der Waals surface area contributed by atoms with Crippen LogP contribution in [0.2, 0.25) is 5.28 Å². The number of hydrogen-bond acceptors (Lipinski definition) is 3. The summed E-state index contributed by atoms with van der Waals surface area (Å²) < 4.78 is 0. The largest absolute Gasteiger partial charge is 0.364 e. The van der Waals surface area contributed by atoms with Gasteiger partial charge in [0.1, 0.15) is 5.69 Å². The van der Waals surface area contributed by atoms with Crippen molar-refractivity contribution in [2.24, 2.45) is 5.73 Å².